The fourth-order valence-electron chi connectivity index (χ4n) is 1.82. The summed E-state index contributed by atoms with van der Waals surface area (Å²) in [5, 5.41) is 0. The van der Waals surface area contributed by atoms with E-state index in [1.54, 1.807) is 0 Å². The van der Waals surface area contributed by atoms with Gasteiger partial charge in [0.15, 0.2) is 13.6 Å². The van der Waals surface area contributed by atoms with Crippen molar-refractivity contribution in [3.8, 4) is 0 Å². The predicted molar refractivity (Wildman–Crippen MR) is 78.1 cm³/mol. The van der Waals surface area contributed by atoms with Crippen molar-refractivity contribution in [3.05, 3.63) is 0 Å². The summed E-state index contributed by atoms with van der Waals surface area (Å²) in [5.74, 6) is -0.182. The van der Waals surface area contributed by atoms with E-state index in [-0.39, 0.29) is 23.7 Å². The highest BCUT2D eigenvalue weighted by Crippen LogP contribution is 2.31. The van der Waals surface area contributed by atoms with Crippen LogP contribution in [-0.2, 0) is 19.9 Å². The lowest BCUT2D eigenvalue weighted by atomic mass is 10.3. The number of hydrogen-bond acceptors (Lipinski definition) is 4. The minimum absolute atomic E-state index is 0.0352. The lowest BCUT2D eigenvalue weighted by Crippen LogP contribution is -2.37. The Hall–Kier alpha value is 0.730. The molecular formula is C9H16Cl3NO4S2. The lowest BCUT2D eigenvalue weighted by molar-refractivity contribution is 0.557. The Kier molecular flexibility index (Phi) is 6.23. The summed E-state index contributed by atoms with van der Waals surface area (Å²) in [5.41, 5.74) is 0. The van der Waals surface area contributed by atoms with Crippen LogP contribution in [0.1, 0.15) is 25.7 Å². The summed E-state index contributed by atoms with van der Waals surface area (Å²) in [6.07, 6.45) is 1.45. The van der Waals surface area contributed by atoms with Crippen molar-refractivity contribution in [1.82, 2.24) is 4.72 Å². The fraction of sp³-hybridized carbons (Fsp3) is 1.00. The molecule has 0 aromatic rings. The standard InChI is InChI=1S/C9H16Cl3NO4S2/c10-9(11,12)4-1-2-5-19(16,17)13-8-3-6-18(14,15)7-8/h8,13H,1-7H2. The topological polar surface area (TPSA) is 80.3 Å². The highest BCUT2D eigenvalue weighted by atomic mass is 35.6. The Bertz CT molecular complexity index is 498. The van der Waals surface area contributed by atoms with Gasteiger partial charge in [-0.2, -0.15) is 0 Å². The van der Waals surface area contributed by atoms with Gasteiger partial charge in [0.05, 0.1) is 17.3 Å². The maximum atomic E-state index is 11.7. The summed E-state index contributed by atoms with van der Waals surface area (Å²) in [6, 6.07) is -0.511. The molecule has 1 aliphatic heterocycles. The van der Waals surface area contributed by atoms with Gasteiger partial charge in [0.1, 0.15) is 0 Å². The molecule has 0 saturated carbocycles. The van der Waals surface area contributed by atoms with Crippen molar-refractivity contribution in [2.45, 2.75) is 35.5 Å². The zero-order valence-electron chi connectivity index (χ0n) is 10.1. The number of hydrogen-bond donors (Lipinski definition) is 1. The first-order valence-electron chi connectivity index (χ1n) is 5.76. The molecular weight excluding hydrogens is 357 g/mol. The molecule has 1 aliphatic rings. The Labute approximate surface area is 128 Å². The second kappa shape index (κ2) is 6.66. The minimum Gasteiger partial charge on any atom is -0.229 e. The molecule has 114 valence electrons. The molecule has 1 N–H and O–H groups in total. The van der Waals surface area contributed by atoms with E-state index < -0.39 is 29.7 Å². The smallest absolute Gasteiger partial charge is 0.211 e. The van der Waals surface area contributed by atoms with Crippen LogP contribution in [0.4, 0.5) is 0 Å². The van der Waals surface area contributed by atoms with E-state index in [0.717, 1.165) is 0 Å². The van der Waals surface area contributed by atoms with E-state index >= 15 is 0 Å². The second-order valence-corrected chi connectivity index (χ2v) is 11.2. The van der Waals surface area contributed by atoms with Gasteiger partial charge in [-0.15, -0.1) is 0 Å². The van der Waals surface area contributed by atoms with Crippen molar-refractivity contribution in [2.75, 3.05) is 17.3 Å². The van der Waals surface area contributed by atoms with Crippen molar-refractivity contribution < 1.29 is 16.8 Å². The van der Waals surface area contributed by atoms with E-state index in [9.17, 15) is 16.8 Å². The van der Waals surface area contributed by atoms with E-state index in [0.29, 0.717) is 19.3 Å². The first-order chi connectivity index (χ1) is 8.49. The van der Waals surface area contributed by atoms with E-state index in [4.69, 9.17) is 34.8 Å². The highest BCUT2D eigenvalue weighted by molar-refractivity contribution is 7.92. The van der Waals surface area contributed by atoms with Gasteiger partial charge < -0.3 is 0 Å². The van der Waals surface area contributed by atoms with Crippen LogP contribution in [0.15, 0.2) is 0 Å². The number of rotatable bonds is 6. The maximum Gasteiger partial charge on any atom is 0.211 e. The zero-order chi connectivity index (χ0) is 14.7. The molecule has 5 nitrogen and oxygen atoms in total. The van der Waals surface area contributed by atoms with Gasteiger partial charge in [-0.3, -0.25) is 0 Å². The third-order valence-electron chi connectivity index (χ3n) is 2.70. The van der Waals surface area contributed by atoms with Crippen molar-refractivity contribution in [2.24, 2.45) is 0 Å². The molecule has 1 rings (SSSR count). The fourth-order valence-corrected chi connectivity index (χ4v) is 5.41. The van der Waals surface area contributed by atoms with Crippen molar-refractivity contribution in [1.29, 1.82) is 0 Å². The molecule has 10 heteroatoms. The predicted octanol–water partition coefficient (Wildman–Crippen LogP) is 1.63. The third-order valence-corrected chi connectivity index (χ3v) is 6.56. The molecule has 1 fully saturated rings. The molecule has 0 aliphatic carbocycles. The molecule has 0 aromatic carbocycles. The molecule has 0 aromatic heterocycles. The van der Waals surface area contributed by atoms with E-state index in [1.807, 2.05) is 0 Å². The SMILES string of the molecule is O=S1(=O)CCC(NS(=O)(=O)CCCCC(Cl)(Cl)Cl)C1. The van der Waals surface area contributed by atoms with Crippen LogP contribution in [-0.4, -0.2) is 43.9 Å². The number of halogens is 3. The zero-order valence-corrected chi connectivity index (χ0v) is 14.0. The summed E-state index contributed by atoms with van der Waals surface area (Å²) >= 11 is 16.7. The van der Waals surface area contributed by atoms with Gasteiger partial charge >= 0.3 is 0 Å². The number of unbranched alkanes of at least 4 members (excludes halogenated alkanes) is 1. The second-order valence-electron chi connectivity index (χ2n) is 4.61. The van der Waals surface area contributed by atoms with Crippen LogP contribution in [0.25, 0.3) is 0 Å². The molecule has 1 atom stereocenters. The van der Waals surface area contributed by atoms with Crippen LogP contribution in [0.5, 0.6) is 0 Å². The Morgan fingerprint density at radius 1 is 1.21 bits per heavy atom. The van der Waals surface area contributed by atoms with Crippen LogP contribution in [0.3, 0.4) is 0 Å². The quantitative estimate of drug-likeness (QED) is 0.567. The van der Waals surface area contributed by atoms with Gasteiger partial charge in [0.25, 0.3) is 0 Å². The summed E-state index contributed by atoms with van der Waals surface area (Å²) in [4.78, 5) is 0. The average molecular weight is 373 g/mol. The number of sulfonamides is 1. The number of sulfone groups is 1. The summed E-state index contributed by atoms with van der Waals surface area (Å²) < 4.78 is 46.9. The monoisotopic (exact) mass is 371 g/mol. The largest absolute Gasteiger partial charge is 0.229 e. The molecule has 1 heterocycles. The normalized spacial score (nSPS) is 23.6. The van der Waals surface area contributed by atoms with Crippen LogP contribution in [0, 0.1) is 0 Å². The van der Waals surface area contributed by atoms with Gasteiger partial charge in [-0.1, -0.05) is 34.8 Å². The molecule has 19 heavy (non-hydrogen) atoms. The Morgan fingerprint density at radius 2 is 1.84 bits per heavy atom. The van der Waals surface area contributed by atoms with Gasteiger partial charge in [-0.05, 0) is 25.7 Å². The first kappa shape index (κ1) is 17.8. The minimum atomic E-state index is -3.48. The summed E-state index contributed by atoms with van der Waals surface area (Å²) in [7, 11) is -6.57. The highest BCUT2D eigenvalue weighted by Gasteiger charge is 2.30. The van der Waals surface area contributed by atoms with Gasteiger partial charge in [-0.25, -0.2) is 21.6 Å². The number of nitrogens with one attached hydrogen (secondary N) is 1. The molecule has 0 amide bonds. The van der Waals surface area contributed by atoms with Crippen LogP contribution < -0.4 is 4.72 Å². The van der Waals surface area contributed by atoms with Crippen LogP contribution in [0.2, 0.25) is 0 Å². The van der Waals surface area contributed by atoms with Crippen LogP contribution >= 0.6 is 34.8 Å². The van der Waals surface area contributed by atoms with E-state index in [2.05, 4.69) is 4.72 Å². The van der Waals surface area contributed by atoms with Crippen molar-refractivity contribution >= 4 is 54.7 Å². The number of alkyl halides is 3. The molecule has 1 unspecified atom stereocenters. The van der Waals surface area contributed by atoms with E-state index in [1.165, 1.54) is 0 Å². The lowest BCUT2D eigenvalue weighted by Gasteiger charge is -2.12. The first-order valence-corrected chi connectivity index (χ1v) is 10.4. The van der Waals surface area contributed by atoms with Crippen molar-refractivity contribution in [3.63, 3.8) is 0 Å². The molecule has 0 spiro atoms. The summed E-state index contributed by atoms with van der Waals surface area (Å²) in [6.45, 7) is 0. The molecule has 0 radical (unpaired) electrons. The molecule has 1 saturated heterocycles. The Morgan fingerprint density at radius 3 is 2.32 bits per heavy atom. The maximum absolute atomic E-state index is 11.7. The van der Waals surface area contributed by atoms with Gasteiger partial charge in [0, 0.05) is 6.04 Å². The third kappa shape index (κ3) is 7.92. The average Bonchev–Trinajstić information content (AvgIpc) is 2.50. The van der Waals surface area contributed by atoms with Gasteiger partial charge in [0.2, 0.25) is 10.0 Å². The Balaban J connectivity index is 2.33. The molecule has 0 bridgehead atoms.